The number of guanidine groups is 1. The lowest BCUT2D eigenvalue weighted by atomic mass is 9.99. The summed E-state index contributed by atoms with van der Waals surface area (Å²) in [5, 5.41) is 30.3. The molecule has 5 amide bonds. The lowest BCUT2D eigenvalue weighted by molar-refractivity contribution is -0.525. The largest absolute Gasteiger partial charge is 0.480 e. The van der Waals surface area contributed by atoms with Crippen LogP contribution in [0.5, 0.6) is 0 Å². The number of carboxylic acids is 1. The van der Waals surface area contributed by atoms with Gasteiger partial charge in [0.15, 0.2) is 5.03 Å². The van der Waals surface area contributed by atoms with Crippen LogP contribution in [0.3, 0.4) is 0 Å². The number of nitrogens with zero attached hydrogens (tertiary/aromatic N) is 2. The molecule has 0 fully saturated rings. The molecule has 0 aromatic heterocycles. The number of rotatable bonds is 23. The number of carbonyl (C=O) groups excluding carboxylic acids is 5. The number of hydrazine groups is 1. The summed E-state index contributed by atoms with van der Waals surface area (Å²) in [7, 11) is -4.32. The number of hydrogen-bond donors (Lipinski definition) is 10. The van der Waals surface area contributed by atoms with Gasteiger partial charge in [-0.1, -0.05) is 25.7 Å². The zero-order chi connectivity index (χ0) is 36.3. The van der Waals surface area contributed by atoms with Crippen molar-refractivity contribution in [2.24, 2.45) is 22.4 Å². The number of nitro groups is 1. The van der Waals surface area contributed by atoms with E-state index < -0.39 is 90.9 Å². The Morgan fingerprint density at radius 1 is 0.979 bits per heavy atom. The lowest BCUT2D eigenvalue weighted by Crippen LogP contribution is -2.55. The molecule has 0 heterocycles. The van der Waals surface area contributed by atoms with Crippen LogP contribution in [0.4, 0.5) is 0 Å². The molecule has 12 N–H and O–H groups in total. The van der Waals surface area contributed by atoms with Gasteiger partial charge in [-0.3, -0.25) is 28.5 Å². The van der Waals surface area contributed by atoms with Gasteiger partial charge < -0.3 is 42.7 Å². The molecular weight excluding hydrogens is 651 g/mol. The van der Waals surface area contributed by atoms with E-state index in [1.807, 2.05) is 0 Å². The molecule has 1 unspecified atom stereocenters. The number of carbonyl (C=O) groups is 6. The monoisotopic (exact) mass is 696 g/mol. The van der Waals surface area contributed by atoms with Crippen molar-refractivity contribution in [1.82, 2.24) is 31.8 Å². The summed E-state index contributed by atoms with van der Waals surface area (Å²) in [5.74, 6) is -6.69. The number of primary amides is 1. The van der Waals surface area contributed by atoms with Crippen molar-refractivity contribution in [3.8, 4) is 0 Å². The Hall–Kier alpha value is -4.40. The number of aliphatic carboxylic acids is 1. The van der Waals surface area contributed by atoms with Gasteiger partial charge in [-0.15, -0.1) is 0 Å². The molecule has 0 aromatic rings. The van der Waals surface area contributed by atoms with E-state index in [1.165, 1.54) is 13.8 Å². The van der Waals surface area contributed by atoms with E-state index in [9.17, 15) is 53.4 Å². The molecule has 0 saturated carbocycles. The second kappa shape index (κ2) is 21.4. The average molecular weight is 697 g/mol. The molecule has 0 spiro atoms. The number of amides is 5. The normalized spacial score (nSPS) is 15.8. The van der Waals surface area contributed by atoms with Gasteiger partial charge in [0.1, 0.15) is 18.1 Å². The number of aliphatic imine (C=N–C) groups is 1. The molecule has 0 radical (unpaired) electrons. The van der Waals surface area contributed by atoms with Crippen molar-refractivity contribution < 1.29 is 52.9 Å². The maximum atomic E-state index is 12.9. The Kier molecular flexibility index (Phi) is 19.4. The smallest absolute Gasteiger partial charge is 0.403 e. The van der Waals surface area contributed by atoms with Crippen molar-refractivity contribution in [3.05, 3.63) is 10.1 Å². The summed E-state index contributed by atoms with van der Waals surface area (Å²) in [4.78, 5) is 97.8. The van der Waals surface area contributed by atoms with Gasteiger partial charge in [-0.25, -0.2) is 29.6 Å². The SMILES string of the molecule is CCOP(=O)(O)N[C@H](C(=O)N[C@@H](C)C(=O)NCC(=O)N[C@@H](CCC(N)=O)C(=O)N[C@@H](CCCN=C(N)N[N+](=O)[O-])C(=O)O)[C@@H](C)CC. The van der Waals surface area contributed by atoms with Crippen LogP contribution < -0.4 is 43.2 Å². The minimum absolute atomic E-state index is 0.0381. The van der Waals surface area contributed by atoms with Crippen molar-refractivity contribution in [2.45, 2.75) is 84.0 Å². The fourth-order valence-electron chi connectivity index (χ4n) is 3.71. The van der Waals surface area contributed by atoms with Gasteiger partial charge in [0, 0.05) is 13.0 Å². The summed E-state index contributed by atoms with van der Waals surface area (Å²) < 4.78 is 16.9. The zero-order valence-electron chi connectivity index (χ0n) is 26.5. The topological polar surface area (TPSA) is 349 Å². The van der Waals surface area contributed by atoms with Crippen LogP contribution >= 0.6 is 7.75 Å². The predicted octanol–water partition coefficient (Wildman–Crippen LogP) is -3.06. The Bertz CT molecular complexity index is 1200. The van der Waals surface area contributed by atoms with Crippen molar-refractivity contribution in [1.29, 1.82) is 0 Å². The first-order valence-electron chi connectivity index (χ1n) is 14.5. The molecule has 0 rings (SSSR count). The van der Waals surface area contributed by atoms with E-state index in [0.717, 1.165) is 0 Å². The fourth-order valence-corrected chi connectivity index (χ4v) is 4.86. The lowest BCUT2D eigenvalue weighted by Gasteiger charge is -2.26. The summed E-state index contributed by atoms with van der Waals surface area (Å²) in [5.41, 5.74) is 12.0. The average Bonchev–Trinajstić information content (AvgIpc) is 2.96. The molecule has 23 heteroatoms. The van der Waals surface area contributed by atoms with Crippen LogP contribution in [0.25, 0.3) is 0 Å². The highest BCUT2D eigenvalue weighted by Gasteiger charge is 2.33. The van der Waals surface area contributed by atoms with E-state index in [2.05, 4.69) is 31.3 Å². The maximum Gasteiger partial charge on any atom is 0.403 e. The van der Waals surface area contributed by atoms with E-state index in [4.69, 9.17) is 16.0 Å². The van der Waals surface area contributed by atoms with Crippen LogP contribution in [-0.4, -0.2) is 100 Å². The first-order chi connectivity index (χ1) is 21.8. The third kappa shape index (κ3) is 18.4. The Morgan fingerprint density at radius 3 is 2.15 bits per heavy atom. The summed E-state index contributed by atoms with van der Waals surface area (Å²) >= 11 is 0. The first-order valence-corrected chi connectivity index (χ1v) is 16.1. The molecule has 0 aliphatic carbocycles. The molecular formula is C24H45N10O12P. The number of nitrogens with one attached hydrogen (secondary N) is 6. The zero-order valence-corrected chi connectivity index (χ0v) is 27.4. The number of nitrogens with two attached hydrogens (primary N) is 2. The molecule has 6 atom stereocenters. The van der Waals surface area contributed by atoms with E-state index in [0.29, 0.717) is 6.42 Å². The van der Waals surface area contributed by atoms with Crippen LogP contribution in [-0.2, 0) is 37.9 Å². The van der Waals surface area contributed by atoms with E-state index >= 15 is 0 Å². The molecule has 268 valence electrons. The van der Waals surface area contributed by atoms with Gasteiger partial charge in [-0.05, 0) is 39.0 Å². The highest BCUT2D eigenvalue weighted by atomic mass is 31.2. The Labute approximate surface area is 270 Å². The molecule has 0 aliphatic heterocycles. The van der Waals surface area contributed by atoms with E-state index in [1.54, 1.807) is 19.3 Å². The fraction of sp³-hybridized carbons (Fsp3) is 0.708. The van der Waals surface area contributed by atoms with E-state index in [-0.39, 0.29) is 38.8 Å². The van der Waals surface area contributed by atoms with Gasteiger partial charge in [0.25, 0.3) is 5.96 Å². The summed E-state index contributed by atoms with van der Waals surface area (Å²) in [6, 6.07) is -5.32. The molecule has 22 nitrogen and oxygen atoms in total. The number of carboxylic acid groups (broad SMARTS) is 1. The molecule has 0 bridgehead atoms. The van der Waals surface area contributed by atoms with Crippen LogP contribution in [0, 0.1) is 16.0 Å². The number of hydrogen-bond acceptors (Lipinski definition) is 11. The summed E-state index contributed by atoms with van der Waals surface area (Å²) in [6.07, 6.45) is -0.382. The summed E-state index contributed by atoms with van der Waals surface area (Å²) in [6.45, 7) is 5.28. The Morgan fingerprint density at radius 2 is 1.62 bits per heavy atom. The van der Waals surface area contributed by atoms with Crippen LogP contribution in [0.1, 0.15) is 59.8 Å². The second-order valence-electron chi connectivity index (χ2n) is 10.2. The first kappa shape index (κ1) is 42.6. The molecule has 0 saturated heterocycles. The third-order valence-electron chi connectivity index (χ3n) is 6.36. The van der Waals surface area contributed by atoms with Crippen molar-refractivity contribution >= 4 is 49.2 Å². The van der Waals surface area contributed by atoms with Gasteiger partial charge in [0.2, 0.25) is 29.5 Å². The van der Waals surface area contributed by atoms with Crippen molar-refractivity contribution in [2.75, 3.05) is 19.7 Å². The molecule has 0 aliphatic rings. The quantitative estimate of drug-likeness (QED) is 0.0127. The van der Waals surface area contributed by atoms with Gasteiger partial charge in [-0.2, -0.15) is 0 Å². The third-order valence-corrected chi connectivity index (χ3v) is 7.57. The Balaban J connectivity index is 5.30. The predicted molar refractivity (Wildman–Crippen MR) is 164 cm³/mol. The van der Waals surface area contributed by atoms with Gasteiger partial charge in [0.05, 0.1) is 19.2 Å². The van der Waals surface area contributed by atoms with Crippen LogP contribution in [0.2, 0.25) is 0 Å². The van der Waals surface area contributed by atoms with Crippen LogP contribution in [0.15, 0.2) is 4.99 Å². The van der Waals surface area contributed by atoms with Crippen molar-refractivity contribution in [3.63, 3.8) is 0 Å². The molecule has 0 aromatic carbocycles. The highest BCUT2D eigenvalue weighted by Crippen LogP contribution is 2.38. The highest BCUT2D eigenvalue weighted by molar-refractivity contribution is 7.50. The van der Waals surface area contributed by atoms with Gasteiger partial charge >= 0.3 is 13.7 Å². The minimum atomic E-state index is -4.32. The standard InChI is InChI=1S/C24H45N10O12P/c1-5-13(3)19(33-47(44,45)46-6-2)22(39)29-14(4)20(37)28-12-18(36)30-15(9-10-17(25)35)21(38)31-16(23(40)41)8-7-11-27-24(26)32-34(42)43/h13-16,19H,5-12H2,1-4H3,(H2,25,35)(H,28,37)(H,29,39)(H,30,36)(H,31,38)(H,40,41)(H3,26,27,32)(H2,33,44,45)/t13-,14-,15-,16-,19-/m0/s1. The molecule has 47 heavy (non-hydrogen) atoms. The second-order valence-corrected chi connectivity index (χ2v) is 11.7. The minimum Gasteiger partial charge on any atom is -0.480 e. The maximum absolute atomic E-state index is 12.9.